The zero-order valence-corrected chi connectivity index (χ0v) is 18.1. The standard InChI is InChI=1S/C22H22N6O2S/c1-3-28-18(24-27-22(28)31)11-12-23-19(29)15-7-9-16(10-8-15)20-25-26-21(30-20)17-6-4-5-14(2)13-17/h4-10,13H,3,11-12H2,1-2H3,(H,23,29)(H,27,31). The second kappa shape index (κ2) is 9.05. The summed E-state index contributed by atoms with van der Waals surface area (Å²) in [4.78, 5) is 12.4. The molecule has 0 bridgehead atoms. The van der Waals surface area contributed by atoms with Gasteiger partial charge >= 0.3 is 0 Å². The fourth-order valence-electron chi connectivity index (χ4n) is 3.26. The molecule has 31 heavy (non-hydrogen) atoms. The van der Waals surface area contributed by atoms with Crippen LogP contribution < -0.4 is 5.32 Å². The molecule has 0 aliphatic heterocycles. The third-order valence-electron chi connectivity index (χ3n) is 4.87. The number of nitrogens with zero attached hydrogens (tertiary/aromatic N) is 4. The van der Waals surface area contributed by atoms with E-state index in [1.807, 2.05) is 42.7 Å². The van der Waals surface area contributed by atoms with Crippen molar-refractivity contribution in [2.45, 2.75) is 26.8 Å². The predicted octanol–water partition coefficient (Wildman–Crippen LogP) is 3.96. The number of nitrogens with one attached hydrogen (secondary N) is 2. The molecule has 0 aliphatic carbocycles. The number of hydrogen-bond acceptors (Lipinski definition) is 6. The molecule has 2 aromatic carbocycles. The average Bonchev–Trinajstić information content (AvgIpc) is 3.41. The molecule has 0 atom stereocenters. The third kappa shape index (κ3) is 4.61. The molecule has 2 N–H and O–H groups in total. The first-order valence-electron chi connectivity index (χ1n) is 9.98. The van der Waals surface area contributed by atoms with Gasteiger partial charge in [-0.05, 0) is 62.5 Å². The summed E-state index contributed by atoms with van der Waals surface area (Å²) >= 11 is 5.18. The number of aromatic amines is 1. The number of carbonyl (C=O) groups excluding carboxylic acids is 1. The molecule has 0 radical (unpaired) electrons. The van der Waals surface area contributed by atoms with Crippen molar-refractivity contribution in [1.29, 1.82) is 0 Å². The molecule has 0 spiro atoms. The Morgan fingerprint density at radius 2 is 1.87 bits per heavy atom. The molecular formula is C22H22N6O2S. The first-order chi connectivity index (χ1) is 15.0. The normalized spacial score (nSPS) is 10.9. The molecule has 4 rings (SSSR count). The molecule has 0 unspecified atom stereocenters. The van der Waals surface area contributed by atoms with E-state index in [2.05, 4.69) is 25.7 Å². The Kier molecular flexibility index (Phi) is 6.03. The van der Waals surface area contributed by atoms with Crippen molar-refractivity contribution in [3.63, 3.8) is 0 Å². The number of hydrogen-bond donors (Lipinski definition) is 2. The summed E-state index contributed by atoms with van der Waals surface area (Å²) in [7, 11) is 0. The predicted molar refractivity (Wildman–Crippen MR) is 119 cm³/mol. The molecule has 2 aromatic heterocycles. The zero-order valence-electron chi connectivity index (χ0n) is 17.3. The lowest BCUT2D eigenvalue weighted by Gasteiger charge is -2.06. The zero-order chi connectivity index (χ0) is 21.8. The molecule has 1 amide bonds. The van der Waals surface area contributed by atoms with E-state index in [0.29, 0.717) is 35.1 Å². The van der Waals surface area contributed by atoms with E-state index in [-0.39, 0.29) is 5.91 Å². The van der Waals surface area contributed by atoms with Crippen molar-refractivity contribution in [2.24, 2.45) is 0 Å². The highest BCUT2D eigenvalue weighted by Gasteiger charge is 2.12. The third-order valence-corrected chi connectivity index (χ3v) is 5.18. The molecule has 0 fully saturated rings. The van der Waals surface area contributed by atoms with Crippen LogP contribution in [0.3, 0.4) is 0 Å². The number of rotatable bonds is 7. The van der Waals surface area contributed by atoms with E-state index in [4.69, 9.17) is 16.6 Å². The van der Waals surface area contributed by atoms with Crippen molar-refractivity contribution >= 4 is 18.1 Å². The molecule has 8 nitrogen and oxygen atoms in total. The van der Waals surface area contributed by atoms with Gasteiger partial charge in [-0.3, -0.25) is 9.89 Å². The van der Waals surface area contributed by atoms with Gasteiger partial charge in [0.2, 0.25) is 11.8 Å². The van der Waals surface area contributed by atoms with Gasteiger partial charge in [0, 0.05) is 36.2 Å². The highest BCUT2D eigenvalue weighted by atomic mass is 32.1. The first kappa shape index (κ1) is 20.7. The molecule has 2 heterocycles. The lowest BCUT2D eigenvalue weighted by Crippen LogP contribution is -2.26. The van der Waals surface area contributed by atoms with Crippen molar-refractivity contribution in [3.8, 4) is 22.9 Å². The second-order valence-electron chi connectivity index (χ2n) is 7.05. The van der Waals surface area contributed by atoms with Gasteiger partial charge in [-0.25, -0.2) is 0 Å². The van der Waals surface area contributed by atoms with Crippen LogP contribution in [-0.4, -0.2) is 37.4 Å². The van der Waals surface area contributed by atoms with E-state index in [0.717, 1.165) is 29.1 Å². The van der Waals surface area contributed by atoms with Crippen LogP contribution in [0.5, 0.6) is 0 Å². The Morgan fingerprint density at radius 1 is 1.13 bits per heavy atom. The Bertz CT molecular complexity index is 1260. The molecule has 0 aliphatic rings. The monoisotopic (exact) mass is 434 g/mol. The highest BCUT2D eigenvalue weighted by Crippen LogP contribution is 2.24. The van der Waals surface area contributed by atoms with Crippen LogP contribution in [0.25, 0.3) is 22.9 Å². The fourth-order valence-corrected chi connectivity index (χ4v) is 3.54. The van der Waals surface area contributed by atoms with E-state index in [1.54, 1.807) is 24.3 Å². The van der Waals surface area contributed by atoms with Gasteiger partial charge in [-0.1, -0.05) is 17.7 Å². The minimum atomic E-state index is -0.158. The van der Waals surface area contributed by atoms with Gasteiger partial charge in [-0.15, -0.1) is 10.2 Å². The van der Waals surface area contributed by atoms with Crippen LogP contribution in [0.15, 0.2) is 52.9 Å². The quantitative estimate of drug-likeness (QED) is 0.427. The topological polar surface area (TPSA) is 102 Å². The SMILES string of the molecule is CCn1c(CCNC(=O)c2ccc(-c3nnc(-c4cccc(C)c4)o3)cc2)n[nH]c1=S. The summed E-state index contributed by atoms with van der Waals surface area (Å²) in [6, 6.07) is 15.0. The summed E-state index contributed by atoms with van der Waals surface area (Å²) < 4.78 is 8.30. The van der Waals surface area contributed by atoms with Crippen molar-refractivity contribution < 1.29 is 9.21 Å². The van der Waals surface area contributed by atoms with Crippen LogP contribution in [0, 0.1) is 11.7 Å². The van der Waals surface area contributed by atoms with Gasteiger partial charge in [0.15, 0.2) is 4.77 Å². The van der Waals surface area contributed by atoms with Crippen LogP contribution in [0.2, 0.25) is 0 Å². The summed E-state index contributed by atoms with van der Waals surface area (Å²) in [5, 5.41) is 18.1. The Balaban J connectivity index is 1.39. The van der Waals surface area contributed by atoms with Gasteiger partial charge < -0.3 is 14.3 Å². The number of aryl methyl sites for hydroxylation is 1. The van der Waals surface area contributed by atoms with Crippen LogP contribution >= 0.6 is 12.2 Å². The van der Waals surface area contributed by atoms with Gasteiger partial charge in [0.1, 0.15) is 5.82 Å². The summed E-state index contributed by atoms with van der Waals surface area (Å²) in [5.74, 6) is 1.54. The van der Waals surface area contributed by atoms with Crippen molar-refractivity contribution in [1.82, 2.24) is 30.3 Å². The molecule has 158 valence electrons. The molecule has 4 aromatic rings. The highest BCUT2D eigenvalue weighted by molar-refractivity contribution is 7.71. The lowest BCUT2D eigenvalue weighted by atomic mass is 10.1. The maximum Gasteiger partial charge on any atom is 0.251 e. The van der Waals surface area contributed by atoms with Crippen molar-refractivity contribution in [3.05, 3.63) is 70.3 Å². The summed E-state index contributed by atoms with van der Waals surface area (Å²) in [6.45, 7) is 5.21. The summed E-state index contributed by atoms with van der Waals surface area (Å²) in [5.41, 5.74) is 3.30. The Labute approximate surface area is 184 Å². The fraction of sp³-hybridized carbons (Fsp3) is 0.227. The number of carbonyl (C=O) groups is 1. The number of benzene rings is 2. The molecule has 0 saturated heterocycles. The number of H-pyrrole nitrogens is 1. The van der Waals surface area contributed by atoms with Gasteiger partial charge in [0.05, 0.1) is 0 Å². The number of aromatic nitrogens is 5. The second-order valence-corrected chi connectivity index (χ2v) is 7.44. The van der Waals surface area contributed by atoms with E-state index >= 15 is 0 Å². The van der Waals surface area contributed by atoms with Crippen molar-refractivity contribution in [2.75, 3.05) is 6.54 Å². The molecule has 9 heteroatoms. The molecular weight excluding hydrogens is 412 g/mol. The minimum Gasteiger partial charge on any atom is -0.416 e. The van der Waals surface area contributed by atoms with Gasteiger partial charge in [0.25, 0.3) is 5.91 Å². The Morgan fingerprint density at radius 3 is 2.58 bits per heavy atom. The van der Waals surface area contributed by atoms with Crippen LogP contribution in [0.1, 0.15) is 28.7 Å². The number of amides is 1. The van der Waals surface area contributed by atoms with Crippen LogP contribution in [-0.2, 0) is 13.0 Å². The maximum atomic E-state index is 12.4. The van der Waals surface area contributed by atoms with E-state index in [9.17, 15) is 4.79 Å². The van der Waals surface area contributed by atoms with Gasteiger partial charge in [-0.2, -0.15) is 5.10 Å². The van der Waals surface area contributed by atoms with E-state index < -0.39 is 0 Å². The minimum absolute atomic E-state index is 0.158. The Hall–Kier alpha value is -3.59. The largest absolute Gasteiger partial charge is 0.416 e. The first-order valence-corrected chi connectivity index (χ1v) is 10.4. The molecule has 0 saturated carbocycles. The van der Waals surface area contributed by atoms with Crippen LogP contribution in [0.4, 0.5) is 0 Å². The smallest absolute Gasteiger partial charge is 0.251 e. The maximum absolute atomic E-state index is 12.4. The average molecular weight is 435 g/mol. The lowest BCUT2D eigenvalue weighted by molar-refractivity contribution is 0.0954. The summed E-state index contributed by atoms with van der Waals surface area (Å²) in [6.07, 6.45) is 0.592. The van der Waals surface area contributed by atoms with E-state index in [1.165, 1.54) is 0 Å².